The van der Waals surface area contributed by atoms with Crippen LogP contribution in [0.3, 0.4) is 0 Å². The van der Waals surface area contributed by atoms with Gasteiger partial charge in [0.25, 0.3) is 0 Å². The van der Waals surface area contributed by atoms with E-state index in [2.05, 4.69) is 13.8 Å². The van der Waals surface area contributed by atoms with Gasteiger partial charge in [0.2, 0.25) is 0 Å². The van der Waals surface area contributed by atoms with E-state index in [4.69, 9.17) is 14.6 Å². The highest BCUT2D eigenvalue weighted by atomic mass is 16.5. The first-order valence-corrected chi connectivity index (χ1v) is 6.66. The molecule has 1 aromatic rings. The number of methoxy groups -OCH3 is 2. The lowest BCUT2D eigenvalue weighted by molar-refractivity contribution is -0.136. The third-order valence-electron chi connectivity index (χ3n) is 2.91. The zero-order chi connectivity index (χ0) is 15.1. The van der Waals surface area contributed by atoms with Crippen LogP contribution in [-0.2, 0) is 4.79 Å². The van der Waals surface area contributed by atoms with Crippen molar-refractivity contribution in [2.45, 2.75) is 20.3 Å². The topological polar surface area (TPSA) is 59.0 Å². The molecule has 5 nitrogen and oxygen atoms in total. The molecule has 0 unspecified atom stereocenters. The van der Waals surface area contributed by atoms with Crippen molar-refractivity contribution in [3.8, 4) is 11.5 Å². The van der Waals surface area contributed by atoms with E-state index in [9.17, 15) is 4.79 Å². The molecule has 0 aliphatic carbocycles. The second kappa shape index (κ2) is 7.62. The van der Waals surface area contributed by atoms with E-state index in [0.717, 1.165) is 23.7 Å². The molecule has 0 spiro atoms. The van der Waals surface area contributed by atoms with Gasteiger partial charge in [-0.2, -0.15) is 0 Å². The van der Waals surface area contributed by atoms with Gasteiger partial charge in [-0.25, -0.2) is 0 Å². The Morgan fingerprint density at radius 2 is 2.00 bits per heavy atom. The summed E-state index contributed by atoms with van der Waals surface area (Å²) < 4.78 is 10.6. The number of carboxylic acids is 1. The van der Waals surface area contributed by atoms with Crippen LogP contribution in [-0.4, -0.2) is 38.4 Å². The molecule has 0 radical (unpaired) electrons. The second-order valence-corrected chi connectivity index (χ2v) is 5.02. The summed E-state index contributed by atoms with van der Waals surface area (Å²) in [6.07, 6.45) is 0.0904. The maximum Gasteiger partial charge on any atom is 0.305 e. The molecule has 1 aromatic carbocycles. The molecule has 5 heteroatoms. The molecule has 1 rings (SSSR count). The zero-order valence-electron chi connectivity index (χ0n) is 12.5. The van der Waals surface area contributed by atoms with Crippen LogP contribution >= 0.6 is 0 Å². The van der Waals surface area contributed by atoms with Crippen molar-refractivity contribution in [2.24, 2.45) is 5.92 Å². The van der Waals surface area contributed by atoms with Crippen molar-refractivity contribution in [1.82, 2.24) is 0 Å². The Labute approximate surface area is 120 Å². The van der Waals surface area contributed by atoms with Crippen LogP contribution in [0.25, 0.3) is 0 Å². The Balaban J connectivity index is 3.06. The highest BCUT2D eigenvalue weighted by molar-refractivity contribution is 5.68. The smallest absolute Gasteiger partial charge is 0.305 e. The third kappa shape index (κ3) is 4.64. The Kier molecular flexibility index (Phi) is 6.15. The lowest BCUT2D eigenvalue weighted by Crippen LogP contribution is -2.30. The lowest BCUT2D eigenvalue weighted by Gasteiger charge is -2.28. The highest BCUT2D eigenvalue weighted by Crippen LogP contribution is 2.32. The first-order chi connectivity index (χ1) is 9.47. The van der Waals surface area contributed by atoms with Crippen LogP contribution < -0.4 is 14.4 Å². The standard InChI is InChI=1S/C15H23NO4/c1-11(2)10-16(8-7-15(17)18)13-9-12(19-3)5-6-14(13)20-4/h5-6,9,11H,7-8,10H2,1-4H3,(H,17,18). The van der Waals surface area contributed by atoms with Gasteiger partial charge in [-0.15, -0.1) is 0 Å². The number of benzene rings is 1. The largest absolute Gasteiger partial charge is 0.497 e. The van der Waals surface area contributed by atoms with Gasteiger partial charge in [-0.3, -0.25) is 4.79 Å². The van der Waals surface area contributed by atoms with Crippen molar-refractivity contribution in [2.75, 3.05) is 32.2 Å². The maximum atomic E-state index is 10.8. The number of ether oxygens (including phenoxy) is 2. The van der Waals surface area contributed by atoms with Crippen molar-refractivity contribution < 1.29 is 19.4 Å². The summed E-state index contributed by atoms with van der Waals surface area (Å²) in [4.78, 5) is 12.8. The van der Waals surface area contributed by atoms with Crippen LogP contribution in [0.5, 0.6) is 11.5 Å². The minimum Gasteiger partial charge on any atom is -0.497 e. The molecule has 0 amide bonds. The Bertz CT molecular complexity index is 445. The van der Waals surface area contributed by atoms with Gasteiger partial charge in [0.1, 0.15) is 11.5 Å². The molecular formula is C15H23NO4. The van der Waals surface area contributed by atoms with Crippen molar-refractivity contribution >= 4 is 11.7 Å². The lowest BCUT2D eigenvalue weighted by atomic mass is 10.1. The molecule has 0 atom stereocenters. The summed E-state index contributed by atoms with van der Waals surface area (Å²) in [5.41, 5.74) is 0.863. The van der Waals surface area contributed by atoms with Crippen molar-refractivity contribution in [3.63, 3.8) is 0 Å². The van der Waals surface area contributed by atoms with Crippen LogP contribution in [0, 0.1) is 5.92 Å². The van der Waals surface area contributed by atoms with Crippen LogP contribution in [0.15, 0.2) is 18.2 Å². The minimum absolute atomic E-state index is 0.0904. The first-order valence-electron chi connectivity index (χ1n) is 6.66. The van der Waals surface area contributed by atoms with Gasteiger partial charge >= 0.3 is 5.97 Å². The summed E-state index contributed by atoms with van der Waals surface area (Å²) >= 11 is 0. The SMILES string of the molecule is COc1ccc(OC)c(N(CCC(=O)O)CC(C)C)c1. The molecule has 1 N–H and O–H groups in total. The minimum atomic E-state index is -0.805. The molecule has 0 saturated heterocycles. The first kappa shape index (κ1) is 16.1. The quantitative estimate of drug-likeness (QED) is 0.793. The number of aliphatic carboxylic acids is 1. The second-order valence-electron chi connectivity index (χ2n) is 5.02. The molecule has 20 heavy (non-hydrogen) atoms. The number of hydrogen-bond acceptors (Lipinski definition) is 4. The summed E-state index contributed by atoms with van der Waals surface area (Å²) in [6.45, 7) is 5.40. The predicted octanol–water partition coefficient (Wildman–Crippen LogP) is 2.64. The van der Waals surface area contributed by atoms with E-state index >= 15 is 0 Å². The summed E-state index contributed by atoms with van der Waals surface area (Å²) in [5, 5.41) is 8.89. The number of carbonyl (C=O) groups is 1. The van der Waals surface area contributed by atoms with E-state index in [0.29, 0.717) is 12.5 Å². The summed E-state index contributed by atoms with van der Waals surface area (Å²) in [5.74, 6) is 1.06. The van der Waals surface area contributed by atoms with E-state index in [1.54, 1.807) is 14.2 Å². The van der Waals surface area contributed by atoms with Crippen molar-refractivity contribution in [1.29, 1.82) is 0 Å². The van der Waals surface area contributed by atoms with Gasteiger partial charge in [-0.1, -0.05) is 13.8 Å². The van der Waals surface area contributed by atoms with Crippen LogP contribution in [0.2, 0.25) is 0 Å². The van der Waals surface area contributed by atoms with Gasteiger partial charge in [0.15, 0.2) is 0 Å². The average Bonchev–Trinajstić information content (AvgIpc) is 2.42. The number of rotatable bonds is 8. The average molecular weight is 281 g/mol. The Hall–Kier alpha value is -1.91. The molecule has 0 aliphatic heterocycles. The molecule has 0 bridgehead atoms. The Morgan fingerprint density at radius 3 is 2.50 bits per heavy atom. The highest BCUT2D eigenvalue weighted by Gasteiger charge is 2.15. The molecule has 0 fully saturated rings. The molecule has 0 aromatic heterocycles. The van der Waals surface area contributed by atoms with E-state index in [1.165, 1.54) is 0 Å². The fourth-order valence-electron chi connectivity index (χ4n) is 2.03. The molecule has 112 valence electrons. The Morgan fingerprint density at radius 1 is 1.30 bits per heavy atom. The maximum absolute atomic E-state index is 10.8. The van der Waals surface area contributed by atoms with Gasteiger partial charge in [0.05, 0.1) is 26.3 Å². The normalized spacial score (nSPS) is 10.4. The number of anilines is 1. The number of carboxylic acid groups (broad SMARTS) is 1. The van der Waals surface area contributed by atoms with E-state index < -0.39 is 5.97 Å². The number of nitrogens with zero attached hydrogens (tertiary/aromatic N) is 1. The number of hydrogen-bond donors (Lipinski definition) is 1. The van der Waals surface area contributed by atoms with Crippen LogP contribution in [0.4, 0.5) is 5.69 Å². The summed E-state index contributed by atoms with van der Waals surface area (Å²) in [6, 6.07) is 5.54. The van der Waals surface area contributed by atoms with Gasteiger partial charge in [-0.05, 0) is 18.1 Å². The third-order valence-corrected chi connectivity index (χ3v) is 2.91. The zero-order valence-corrected chi connectivity index (χ0v) is 12.5. The fourth-order valence-corrected chi connectivity index (χ4v) is 2.03. The predicted molar refractivity (Wildman–Crippen MR) is 78.8 cm³/mol. The molecular weight excluding hydrogens is 258 g/mol. The van der Waals surface area contributed by atoms with Gasteiger partial charge < -0.3 is 19.5 Å². The molecule has 0 aliphatic rings. The molecule has 0 heterocycles. The summed E-state index contributed by atoms with van der Waals surface area (Å²) in [7, 11) is 3.21. The van der Waals surface area contributed by atoms with E-state index in [-0.39, 0.29) is 6.42 Å². The monoisotopic (exact) mass is 281 g/mol. The van der Waals surface area contributed by atoms with Crippen molar-refractivity contribution in [3.05, 3.63) is 18.2 Å². The van der Waals surface area contributed by atoms with Gasteiger partial charge in [0, 0.05) is 19.2 Å². The van der Waals surface area contributed by atoms with Crippen LogP contribution in [0.1, 0.15) is 20.3 Å². The molecule has 0 saturated carbocycles. The van der Waals surface area contributed by atoms with E-state index in [1.807, 2.05) is 23.1 Å². The fraction of sp³-hybridized carbons (Fsp3) is 0.533.